The van der Waals surface area contributed by atoms with Gasteiger partial charge in [-0.2, -0.15) is 5.10 Å². The summed E-state index contributed by atoms with van der Waals surface area (Å²) in [5, 5.41) is 14.8. The van der Waals surface area contributed by atoms with Gasteiger partial charge >= 0.3 is 0 Å². The lowest BCUT2D eigenvalue weighted by molar-refractivity contribution is -0.121. The molecule has 150 valence electrons. The van der Waals surface area contributed by atoms with Crippen molar-refractivity contribution >= 4 is 12.1 Å². The van der Waals surface area contributed by atoms with Crippen LogP contribution in [0.1, 0.15) is 70.2 Å². The molecule has 1 aromatic carbocycles. The Bertz CT molecular complexity index is 809. The van der Waals surface area contributed by atoms with E-state index in [0.29, 0.717) is 18.6 Å². The van der Waals surface area contributed by atoms with Crippen LogP contribution in [0.5, 0.6) is 5.75 Å². The van der Waals surface area contributed by atoms with Gasteiger partial charge in [0.05, 0.1) is 6.21 Å². The number of benzene rings is 1. The highest BCUT2D eigenvalue weighted by molar-refractivity contribution is 5.82. The summed E-state index contributed by atoms with van der Waals surface area (Å²) in [6, 6.07) is 7.70. The van der Waals surface area contributed by atoms with Crippen molar-refractivity contribution in [1.82, 2.24) is 10.4 Å². The maximum absolute atomic E-state index is 12.1. The Labute approximate surface area is 167 Å². The Morgan fingerprint density at radius 1 is 1.14 bits per heavy atom. The summed E-state index contributed by atoms with van der Waals surface area (Å²) in [4.78, 5) is 16.1. The molecule has 0 atom stereocenters. The molecule has 0 aliphatic carbocycles. The van der Waals surface area contributed by atoms with Crippen molar-refractivity contribution in [3.8, 4) is 5.75 Å². The van der Waals surface area contributed by atoms with Crippen LogP contribution in [-0.4, -0.2) is 22.2 Å². The molecule has 0 saturated carbocycles. The van der Waals surface area contributed by atoms with Crippen molar-refractivity contribution in [2.24, 2.45) is 5.10 Å². The maximum Gasteiger partial charge on any atom is 0.240 e. The van der Waals surface area contributed by atoms with Gasteiger partial charge in [-0.25, -0.2) is 5.43 Å². The quantitative estimate of drug-likeness (QED) is 0.593. The van der Waals surface area contributed by atoms with E-state index in [0.717, 1.165) is 22.3 Å². The largest absolute Gasteiger partial charge is 0.507 e. The molecule has 5 nitrogen and oxygen atoms in total. The van der Waals surface area contributed by atoms with E-state index in [9.17, 15) is 9.90 Å². The molecule has 0 saturated heterocycles. The smallest absolute Gasteiger partial charge is 0.240 e. The second kappa shape index (κ2) is 8.55. The molecule has 1 aromatic heterocycles. The third kappa shape index (κ3) is 5.91. The van der Waals surface area contributed by atoms with E-state index in [1.807, 2.05) is 24.3 Å². The first-order valence-electron chi connectivity index (χ1n) is 9.57. The number of hydrogen-bond donors (Lipinski definition) is 2. The van der Waals surface area contributed by atoms with Gasteiger partial charge in [0.2, 0.25) is 5.91 Å². The van der Waals surface area contributed by atoms with E-state index < -0.39 is 0 Å². The summed E-state index contributed by atoms with van der Waals surface area (Å²) in [6.07, 6.45) is 5.84. The third-order valence-corrected chi connectivity index (χ3v) is 4.51. The van der Waals surface area contributed by atoms with Crippen LogP contribution in [0.3, 0.4) is 0 Å². The SMILES string of the molecule is CC(C)(C)c1cc(CCC(=O)N/N=C\c2cccnc2)cc(C(C)(C)C)c1O. The molecule has 28 heavy (non-hydrogen) atoms. The Morgan fingerprint density at radius 2 is 1.75 bits per heavy atom. The average molecular weight is 382 g/mol. The molecular formula is C23H31N3O2. The Balaban J connectivity index is 2.11. The van der Waals surface area contributed by atoms with E-state index in [1.165, 1.54) is 0 Å². The molecule has 0 bridgehead atoms. The fourth-order valence-corrected chi connectivity index (χ4v) is 2.93. The maximum atomic E-state index is 12.1. The monoisotopic (exact) mass is 381 g/mol. The highest BCUT2D eigenvalue weighted by Crippen LogP contribution is 2.39. The summed E-state index contributed by atoms with van der Waals surface area (Å²) in [5.74, 6) is 0.206. The van der Waals surface area contributed by atoms with Crippen molar-refractivity contribution < 1.29 is 9.90 Å². The molecule has 2 N–H and O–H groups in total. The minimum absolute atomic E-state index is 0.150. The molecule has 0 aliphatic rings. The predicted molar refractivity (Wildman–Crippen MR) is 114 cm³/mol. The molecule has 0 aliphatic heterocycles. The lowest BCUT2D eigenvalue weighted by atomic mass is 9.78. The molecule has 0 radical (unpaired) electrons. The van der Waals surface area contributed by atoms with Crippen molar-refractivity contribution in [3.63, 3.8) is 0 Å². The first-order chi connectivity index (χ1) is 13.0. The lowest BCUT2D eigenvalue weighted by Crippen LogP contribution is -2.20. The second-order valence-corrected chi connectivity index (χ2v) is 9.12. The number of nitrogens with one attached hydrogen (secondary N) is 1. The van der Waals surface area contributed by atoms with Gasteiger partial charge in [0.25, 0.3) is 0 Å². The number of amides is 1. The molecule has 1 heterocycles. The zero-order chi connectivity index (χ0) is 20.9. The van der Waals surface area contributed by atoms with Crippen LogP contribution >= 0.6 is 0 Å². The molecule has 5 heteroatoms. The summed E-state index contributed by atoms with van der Waals surface area (Å²) in [6.45, 7) is 12.5. The Kier molecular flexibility index (Phi) is 6.60. The van der Waals surface area contributed by atoms with Crippen molar-refractivity contribution in [3.05, 3.63) is 58.9 Å². The van der Waals surface area contributed by atoms with Crippen LogP contribution in [0.2, 0.25) is 0 Å². The van der Waals surface area contributed by atoms with Crippen molar-refractivity contribution in [2.75, 3.05) is 0 Å². The summed E-state index contributed by atoms with van der Waals surface area (Å²) < 4.78 is 0. The highest BCUT2D eigenvalue weighted by Gasteiger charge is 2.26. The van der Waals surface area contributed by atoms with Crippen molar-refractivity contribution in [1.29, 1.82) is 0 Å². The number of nitrogens with zero attached hydrogens (tertiary/aromatic N) is 2. The van der Waals surface area contributed by atoms with Crippen LogP contribution in [-0.2, 0) is 22.0 Å². The van der Waals surface area contributed by atoms with Crippen LogP contribution in [0.4, 0.5) is 0 Å². The van der Waals surface area contributed by atoms with Crippen LogP contribution in [0.15, 0.2) is 41.8 Å². The standard InChI is InChI=1S/C23H31N3O2/c1-22(2,3)18-12-16(13-19(21(18)28)23(4,5)6)9-10-20(27)26-25-15-17-8-7-11-24-14-17/h7-8,11-15,28H,9-10H2,1-6H3,(H,26,27)/b25-15-. The third-order valence-electron chi connectivity index (χ3n) is 4.51. The molecule has 0 unspecified atom stereocenters. The number of aromatic nitrogens is 1. The van der Waals surface area contributed by atoms with E-state index >= 15 is 0 Å². The Hall–Kier alpha value is -2.69. The second-order valence-electron chi connectivity index (χ2n) is 9.12. The van der Waals surface area contributed by atoms with Crippen LogP contribution in [0.25, 0.3) is 0 Å². The van der Waals surface area contributed by atoms with Gasteiger partial charge < -0.3 is 5.11 Å². The van der Waals surface area contributed by atoms with Crippen LogP contribution in [0, 0.1) is 0 Å². The first-order valence-corrected chi connectivity index (χ1v) is 9.57. The number of carbonyl (C=O) groups is 1. The van der Waals surface area contributed by atoms with Gasteiger partial charge in [-0.05, 0) is 40.0 Å². The highest BCUT2D eigenvalue weighted by atomic mass is 16.3. The van der Waals surface area contributed by atoms with Gasteiger partial charge in [0.15, 0.2) is 0 Å². The predicted octanol–water partition coefficient (Wildman–Crippen LogP) is 4.47. The number of hydrazone groups is 1. The molecule has 2 rings (SSSR count). The number of hydrogen-bond acceptors (Lipinski definition) is 4. The van der Waals surface area contributed by atoms with E-state index in [1.54, 1.807) is 18.6 Å². The summed E-state index contributed by atoms with van der Waals surface area (Å²) >= 11 is 0. The molecule has 0 spiro atoms. The van der Waals surface area contributed by atoms with Gasteiger partial charge in [0.1, 0.15) is 5.75 Å². The zero-order valence-electron chi connectivity index (χ0n) is 17.7. The molecule has 1 amide bonds. The lowest BCUT2D eigenvalue weighted by Gasteiger charge is -2.28. The molecule has 2 aromatic rings. The minimum atomic E-state index is -0.184. The van der Waals surface area contributed by atoms with Crippen molar-refractivity contribution in [2.45, 2.75) is 65.2 Å². The number of rotatable bonds is 5. The first kappa shape index (κ1) is 21.6. The Morgan fingerprint density at radius 3 is 2.25 bits per heavy atom. The van der Waals surface area contributed by atoms with Gasteiger partial charge in [-0.15, -0.1) is 0 Å². The van der Waals surface area contributed by atoms with Gasteiger partial charge in [-0.1, -0.05) is 59.7 Å². The molecule has 0 fully saturated rings. The number of aryl methyl sites for hydroxylation is 1. The van der Waals surface area contributed by atoms with E-state index in [2.05, 4.69) is 57.1 Å². The normalized spacial score (nSPS) is 12.4. The average Bonchev–Trinajstić information content (AvgIpc) is 2.59. The molecular weight excluding hydrogens is 350 g/mol. The summed E-state index contributed by atoms with van der Waals surface area (Å²) in [7, 11) is 0. The number of phenolic OH excluding ortho intramolecular Hbond substituents is 1. The van der Waals surface area contributed by atoms with E-state index in [-0.39, 0.29) is 16.7 Å². The van der Waals surface area contributed by atoms with Gasteiger partial charge in [0, 0.05) is 24.4 Å². The zero-order valence-corrected chi connectivity index (χ0v) is 17.7. The minimum Gasteiger partial charge on any atom is -0.507 e. The topological polar surface area (TPSA) is 74.6 Å². The summed E-state index contributed by atoms with van der Waals surface area (Å²) in [5.41, 5.74) is 5.87. The van der Waals surface area contributed by atoms with Gasteiger partial charge in [-0.3, -0.25) is 9.78 Å². The fraction of sp³-hybridized carbons (Fsp3) is 0.435. The number of pyridine rings is 1. The van der Waals surface area contributed by atoms with Crippen LogP contribution < -0.4 is 5.43 Å². The fourth-order valence-electron chi connectivity index (χ4n) is 2.93. The van der Waals surface area contributed by atoms with E-state index in [4.69, 9.17) is 0 Å². The number of phenols is 1. The number of aromatic hydroxyl groups is 1. The number of carbonyl (C=O) groups excluding carboxylic acids is 1.